The quantitative estimate of drug-likeness (QED) is 0.459. The van der Waals surface area contributed by atoms with Gasteiger partial charge in [-0.05, 0) is 13.0 Å². The number of nitro groups is 1. The molecule has 0 spiro atoms. The van der Waals surface area contributed by atoms with E-state index in [1.807, 2.05) is 0 Å². The van der Waals surface area contributed by atoms with Gasteiger partial charge in [0, 0.05) is 6.54 Å². The lowest BCUT2D eigenvalue weighted by Gasteiger charge is -2.02. The van der Waals surface area contributed by atoms with Gasteiger partial charge < -0.3 is 14.5 Å². The third-order valence-corrected chi connectivity index (χ3v) is 1.92. The summed E-state index contributed by atoms with van der Waals surface area (Å²) >= 11 is 0. The number of amides is 1. The number of carbonyl (C=O) groups is 2. The SMILES string of the molecule is CCOC(=O)CCNC(=O)c1ccc([N+](=O)[O-])o1. The number of ether oxygens (including phenoxy) is 1. The molecule has 8 nitrogen and oxygen atoms in total. The topological polar surface area (TPSA) is 112 Å². The fraction of sp³-hybridized carbons (Fsp3) is 0.400. The predicted molar refractivity (Wildman–Crippen MR) is 58.9 cm³/mol. The van der Waals surface area contributed by atoms with Gasteiger partial charge in [0.2, 0.25) is 0 Å². The van der Waals surface area contributed by atoms with Crippen molar-refractivity contribution >= 4 is 17.8 Å². The molecule has 1 heterocycles. The normalized spacial score (nSPS) is 9.83. The van der Waals surface area contributed by atoms with E-state index in [0.29, 0.717) is 0 Å². The van der Waals surface area contributed by atoms with Gasteiger partial charge in [0.05, 0.1) is 19.1 Å². The predicted octanol–water partition coefficient (Wildman–Crippen LogP) is 0.871. The van der Waals surface area contributed by atoms with Crippen LogP contribution in [0, 0.1) is 10.1 Å². The summed E-state index contributed by atoms with van der Waals surface area (Å²) in [6.07, 6.45) is 0.0301. The minimum atomic E-state index is -0.741. The third-order valence-electron chi connectivity index (χ3n) is 1.92. The molecule has 1 rings (SSSR count). The minimum Gasteiger partial charge on any atom is -0.466 e. The van der Waals surface area contributed by atoms with E-state index in [1.54, 1.807) is 6.92 Å². The van der Waals surface area contributed by atoms with Crippen LogP contribution < -0.4 is 5.32 Å². The Balaban J connectivity index is 2.40. The van der Waals surface area contributed by atoms with Crippen molar-refractivity contribution in [2.24, 2.45) is 0 Å². The Bertz CT molecular complexity index is 453. The summed E-state index contributed by atoms with van der Waals surface area (Å²) in [5, 5.41) is 12.7. The number of esters is 1. The van der Waals surface area contributed by atoms with Crippen LogP contribution in [0.2, 0.25) is 0 Å². The Morgan fingerprint density at radius 2 is 2.22 bits per heavy atom. The largest absolute Gasteiger partial charge is 0.466 e. The number of nitrogens with zero attached hydrogens (tertiary/aromatic N) is 1. The molecule has 0 aliphatic carbocycles. The maximum absolute atomic E-state index is 11.4. The van der Waals surface area contributed by atoms with Gasteiger partial charge in [-0.2, -0.15) is 0 Å². The van der Waals surface area contributed by atoms with E-state index >= 15 is 0 Å². The highest BCUT2D eigenvalue weighted by Crippen LogP contribution is 2.15. The zero-order valence-corrected chi connectivity index (χ0v) is 9.67. The lowest BCUT2D eigenvalue weighted by molar-refractivity contribution is -0.402. The van der Waals surface area contributed by atoms with E-state index in [-0.39, 0.29) is 25.3 Å². The highest BCUT2D eigenvalue weighted by molar-refractivity contribution is 5.91. The Morgan fingerprint density at radius 1 is 1.50 bits per heavy atom. The molecule has 1 aromatic rings. The van der Waals surface area contributed by atoms with Crippen molar-refractivity contribution in [2.45, 2.75) is 13.3 Å². The van der Waals surface area contributed by atoms with Gasteiger partial charge in [-0.15, -0.1) is 0 Å². The van der Waals surface area contributed by atoms with Gasteiger partial charge in [-0.1, -0.05) is 0 Å². The monoisotopic (exact) mass is 256 g/mol. The van der Waals surface area contributed by atoms with Gasteiger partial charge in [-0.3, -0.25) is 19.7 Å². The van der Waals surface area contributed by atoms with Crippen molar-refractivity contribution in [1.29, 1.82) is 0 Å². The molecule has 98 valence electrons. The lowest BCUT2D eigenvalue weighted by Crippen LogP contribution is -2.26. The molecule has 0 saturated carbocycles. The standard InChI is InChI=1S/C10H12N2O6/c1-2-17-9(13)5-6-11-10(14)7-3-4-8(18-7)12(15)16/h3-4H,2,5-6H2,1H3,(H,11,14). The molecule has 0 aromatic carbocycles. The summed E-state index contributed by atoms with van der Waals surface area (Å²) in [6.45, 7) is 2.03. The van der Waals surface area contributed by atoms with Crippen LogP contribution in [0.4, 0.5) is 5.88 Å². The first-order valence-corrected chi connectivity index (χ1v) is 5.22. The first-order chi connectivity index (χ1) is 8.54. The van der Waals surface area contributed by atoms with Gasteiger partial charge in [0.15, 0.2) is 5.76 Å². The molecule has 0 radical (unpaired) electrons. The average Bonchev–Trinajstić information content (AvgIpc) is 2.78. The second-order valence-corrected chi connectivity index (χ2v) is 3.21. The summed E-state index contributed by atoms with van der Waals surface area (Å²) in [6, 6.07) is 2.28. The first kappa shape index (κ1) is 13.7. The highest BCUT2D eigenvalue weighted by atomic mass is 16.6. The Labute approximate surface area is 102 Å². The third kappa shape index (κ3) is 3.89. The zero-order valence-electron chi connectivity index (χ0n) is 9.67. The summed E-state index contributed by atoms with van der Waals surface area (Å²) in [4.78, 5) is 32.0. The molecule has 18 heavy (non-hydrogen) atoms. The van der Waals surface area contributed by atoms with Gasteiger partial charge >= 0.3 is 11.9 Å². The zero-order chi connectivity index (χ0) is 13.5. The molecule has 0 aliphatic heterocycles. The molecule has 0 aliphatic rings. The highest BCUT2D eigenvalue weighted by Gasteiger charge is 2.17. The van der Waals surface area contributed by atoms with Crippen molar-refractivity contribution in [1.82, 2.24) is 5.32 Å². The van der Waals surface area contributed by atoms with Crippen molar-refractivity contribution in [3.05, 3.63) is 28.0 Å². The number of hydrogen-bond acceptors (Lipinski definition) is 6. The first-order valence-electron chi connectivity index (χ1n) is 5.22. The Morgan fingerprint density at radius 3 is 2.78 bits per heavy atom. The number of hydrogen-bond donors (Lipinski definition) is 1. The molecular formula is C10H12N2O6. The number of furan rings is 1. The summed E-state index contributed by atoms with van der Waals surface area (Å²) < 4.78 is 9.35. The maximum atomic E-state index is 11.4. The molecule has 0 fully saturated rings. The molecule has 0 saturated heterocycles. The second-order valence-electron chi connectivity index (χ2n) is 3.21. The molecule has 0 unspecified atom stereocenters. The minimum absolute atomic E-state index is 0.0301. The van der Waals surface area contributed by atoms with Gasteiger partial charge in [0.25, 0.3) is 5.91 Å². The second kappa shape index (κ2) is 6.38. The summed E-state index contributed by atoms with van der Waals surface area (Å²) in [7, 11) is 0. The smallest absolute Gasteiger partial charge is 0.433 e. The average molecular weight is 256 g/mol. The van der Waals surface area contributed by atoms with E-state index in [9.17, 15) is 19.7 Å². The maximum Gasteiger partial charge on any atom is 0.433 e. The van der Waals surface area contributed by atoms with Crippen molar-refractivity contribution in [2.75, 3.05) is 13.2 Å². The van der Waals surface area contributed by atoms with Crippen LogP contribution in [-0.2, 0) is 9.53 Å². The van der Waals surface area contributed by atoms with Crippen LogP contribution in [0.3, 0.4) is 0 Å². The Hall–Kier alpha value is -2.38. The van der Waals surface area contributed by atoms with Crippen molar-refractivity contribution < 1.29 is 23.7 Å². The van der Waals surface area contributed by atoms with Gasteiger partial charge in [-0.25, -0.2) is 0 Å². The molecule has 0 atom stereocenters. The fourth-order valence-electron chi connectivity index (χ4n) is 1.15. The van der Waals surface area contributed by atoms with Crippen LogP contribution in [0.1, 0.15) is 23.9 Å². The van der Waals surface area contributed by atoms with Crippen LogP contribution >= 0.6 is 0 Å². The summed E-state index contributed by atoms with van der Waals surface area (Å²) in [5.74, 6) is -1.73. The lowest BCUT2D eigenvalue weighted by atomic mass is 10.4. The van der Waals surface area contributed by atoms with Crippen molar-refractivity contribution in [3.8, 4) is 0 Å². The van der Waals surface area contributed by atoms with E-state index in [4.69, 9.17) is 0 Å². The van der Waals surface area contributed by atoms with E-state index in [0.717, 1.165) is 6.07 Å². The van der Waals surface area contributed by atoms with E-state index < -0.39 is 22.7 Å². The summed E-state index contributed by atoms with van der Waals surface area (Å²) in [5.41, 5.74) is 0. The van der Waals surface area contributed by atoms with Crippen LogP contribution in [0.5, 0.6) is 0 Å². The van der Waals surface area contributed by atoms with Gasteiger partial charge in [0.1, 0.15) is 4.92 Å². The van der Waals surface area contributed by atoms with Crippen LogP contribution in [-0.4, -0.2) is 30.0 Å². The number of nitrogens with one attached hydrogen (secondary N) is 1. The molecule has 1 amide bonds. The van der Waals surface area contributed by atoms with Crippen molar-refractivity contribution in [3.63, 3.8) is 0 Å². The molecule has 1 aromatic heterocycles. The molecule has 8 heteroatoms. The van der Waals surface area contributed by atoms with E-state index in [1.165, 1.54) is 6.07 Å². The molecule has 0 bridgehead atoms. The Kier molecular flexibility index (Phi) is 4.85. The molecular weight excluding hydrogens is 244 g/mol. The number of rotatable bonds is 6. The molecule has 1 N–H and O–H groups in total. The van der Waals surface area contributed by atoms with E-state index in [2.05, 4.69) is 14.5 Å². The fourth-order valence-corrected chi connectivity index (χ4v) is 1.15. The van der Waals surface area contributed by atoms with Crippen LogP contribution in [0.15, 0.2) is 16.5 Å². The van der Waals surface area contributed by atoms with Crippen LogP contribution in [0.25, 0.3) is 0 Å². The number of carbonyl (C=O) groups excluding carboxylic acids is 2.